The first-order chi connectivity index (χ1) is 9.50. The first-order valence-corrected chi connectivity index (χ1v) is 7.30. The predicted molar refractivity (Wildman–Crippen MR) is 80.3 cm³/mol. The number of likely N-dealkylation sites (N-methyl/N-ethyl adjacent to an activating group) is 1. The molecule has 1 aromatic rings. The Kier molecular flexibility index (Phi) is 5.27. The zero-order chi connectivity index (χ0) is 14.7. The van der Waals surface area contributed by atoms with E-state index < -0.39 is 6.10 Å². The van der Waals surface area contributed by atoms with E-state index in [0.717, 1.165) is 12.1 Å². The van der Waals surface area contributed by atoms with Gasteiger partial charge in [0, 0.05) is 30.2 Å². The van der Waals surface area contributed by atoms with Gasteiger partial charge in [-0.1, -0.05) is 29.3 Å². The van der Waals surface area contributed by atoms with Crippen LogP contribution in [-0.2, 0) is 9.53 Å². The number of nitrogens with zero attached hydrogens (tertiary/aromatic N) is 1. The van der Waals surface area contributed by atoms with Gasteiger partial charge in [0.05, 0.1) is 12.6 Å². The predicted octanol–water partition coefficient (Wildman–Crippen LogP) is 2.50. The lowest BCUT2D eigenvalue weighted by atomic mass is 10.1. The van der Waals surface area contributed by atoms with Crippen LogP contribution in [0.1, 0.15) is 18.5 Å². The Labute approximate surface area is 129 Å². The lowest BCUT2D eigenvalue weighted by Gasteiger charge is -2.31. The van der Waals surface area contributed by atoms with E-state index in [1.165, 1.54) is 0 Å². The fourth-order valence-corrected chi connectivity index (χ4v) is 2.76. The van der Waals surface area contributed by atoms with Crippen LogP contribution in [0.4, 0.5) is 0 Å². The fraction of sp³-hybridized carbons (Fsp3) is 0.500. The number of ether oxygens (including phenoxy) is 1. The van der Waals surface area contributed by atoms with Crippen molar-refractivity contribution in [3.05, 3.63) is 33.8 Å². The van der Waals surface area contributed by atoms with Crippen molar-refractivity contribution in [3.63, 3.8) is 0 Å². The number of rotatable bonds is 3. The Bertz CT molecular complexity index is 490. The Morgan fingerprint density at radius 2 is 2.25 bits per heavy atom. The summed E-state index contributed by atoms with van der Waals surface area (Å²) in [6.45, 7) is 3.82. The van der Waals surface area contributed by atoms with Gasteiger partial charge in [-0.05, 0) is 24.6 Å². The summed E-state index contributed by atoms with van der Waals surface area (Å²) in [4.78, 5) is 14.0. The monoisotopic (exact) mass is 316 g/mol. The van der Waals surface area contributed by atoms with Gasteiger partial charge in [-0.25, -0.2) is 0 Å². The summed E-state index contributed by atoms with van der Waals surface area (Å²) in [5.74, 6) is -0.0456. The standard InChI is InChI=1S/C14H18Cl2N2O2/c1-9(11-4-3-10(15)7-12(11)16)18(2)14(19)13-8-17-5-6-20-13/h3-4,7,9,13,17H,5-6,8H2,1-2H3/t9-,13+/m0/s1. The number of carbonyl (C=O) groups is 1. The summed E-state index contributed by atoms with van der Waals surface area (Å²) < 4.78 is 5.49. The summed E-state index contributed by atoms with van der Waals surface area (Å²) in [6, 6.07) is 5.17. The maximum absolute atomic E-state index is 12.4. The van der Waals surface area contributed by atoms with Gasteiger partial charge in [0.1, 0.15) is 6.10 Å². The molecule has 1 aliphatic rings. The topological polar surface area (TPSA) is 41.6 Å². The maximum Gasteiger partial charge on any atom is 0.253 e. The lowest BCUT2D eigenvalue weighted by Crippen LogP contribution is -2.48. The Morgan fingerprint density at radius 3 is 2.85 bits per heavy atom. The highest BCUT2D eigenvalue weighted by Crippen LogP contribution is 2.29. The first-order valence-electron chi connectivity index (χ1n) is 6.54. The van der Waals surface area contributed by atoms with E-state index in [4.69, 9.17) is 27.9 Å². The molecular formula is C14H18Cl2N2O2. The SMILES string of the molecule is C[C@@H](c1ccc(Cl)cc1Cl)N(C)C(=O)[C@H]1CNCCO1. The third kappa shape index (κ3) is 3.44. The zero-order valence-corrected chi connectivity index (χ0v) is 13.0. The van der Waals surface area contributed by atoms with Crippen molar-refractivity contribution in [2.24, 2.45) is 0 Å². The van der Waals surface area contributed by atoms with Crippen LogP contribution >= 0.6 is 23.2 Å². The van der Waals surface area contributed by atoms with E-state index in [-0.39, 0.29) is 11.9 Å². The second kappa shape index (κ2) is 6.76. The molecule has 0 bridgehead atoms. The molecule has 1 aliphatic heterocycles. The van der Waals surface area contributed by atoms with E-state index in [0.29, 0.717) is 23.2 Å². The van der Waals surface area contributed by atoms with Gasteiger partial charge in [-0.15, -0.1) is 0 Å². The Morgan fingerprint density at radius 1 is 1.50 bits per heavy atom. The minimum Gasteiger partial charge on any atom is -0.366 e. The molecule has 0 spiro atoms. The molecule has 1 fully saturated rings. The number of hydrogen-bond donors (Lipinski definition) is 1. The number of amides is 1. The summed E-state index contributed by atoms with van der Waals surface area (Å²) in [5.41, 5.74) is 0.871. The number of hydrogen-bond acceptors (Lipinski definition) is 3. The van der Waals surface area contributed by atoms with Gasteiger partial charge < -0.3 is 15.0 Å². The molecule has 110 valence electrons. The highest BCUT2D eigenvalue weighted by molar-refractivity contribution is 6.35. The van der Waals surface area contributed by atoms with E-state index in [2.05, 4.69) is 5.32 Å². The summed E-state index contributed by atoms with van der Waals surface area (Å²) in [5, 5.41) is 4.30. The Balaban J connectivity index is 2.10. The molecule has 1 amide bonds. The molecule has 4 nitrogen and oxygen atoms in total. The molecule has 2 atom stereocenters. The van der Waals surface area contributed by atoms with Crippen molar-refractivity contribution < 1.29 is 9.53 Å². The van der Waals surface area contributed by atoms with Crippen molar-refractivity contribution in [2.45, 2.75) is 19.1 Å². The van der Waals surface area contributed by atoms with Gasteiger partial charge in [-0.3, -0.25) is 4.79 Å². The van der Waals surface area contributed by atoms with E-state index >= 15 is 0 Å². The molecular weight excluding hydrogens is 299 g/mol. The average molecular weight is 317 g/mol. The third-order valence-corrected chi connectivity index (χ3v) is 4.11. The number of carbonyl (C=O) groups excluding carboxylic acids is 1. The van der Waals surface area contributed by atoms with E-state index in [1.54, 1.807) is 24.1 Å². The quantitative estimate of drug-likeness (QED) is 0.931. The summed E-state index contributed by atoms with van der Waals surface area (Å²) in [6.07, 6.45) is -0.428. The Hall–Kier alpha value is -0.810. The third-order valence-electron chi connectivity index (χ3n) is 3.54. The average Bonchev–Trinajstić information content (AvgIpc) is 2.46. The van der Waals surface area contributed by atoms with Gasteiger partial charge in [-0.2, -0.15) is 0 Å². The molecule has 0 radical (unpaired) electrons. The van der Waals surface area contributed by atoms with Crippen molar-refractivity contribution in [2.75, 3.05) is 26.7 Å². The molecule has 1 saturated heterocycles. The van der Waals surface area contributed by atoms with Crippen LogP contribution in [0.3, 0.4) is 0 Å². The van der Waals surface area contributed by atoms with Crippen molar-refractivity contribution >= 4 is 29.1 Å². The molecule has 0 unspecified atom stereocenters. The fourth-order valence-electron chi connectivity index (χ4n) is 2.19. The number of halogens is 2. The maximum atomic E-state index is 12.4. The van der Waals surface area contributed by atoms with Crippen LogP contribution in [-0.4, -0.2) is 43.7 Å². The first kappa shape index (κ1) is 15.6. The van der Waals surface area contributed by atoms with Crippen LogP contribution < -0.4 is 5.32 Å². The number of morpholine rings is 1. The number of nitrogens with one attached hydrogen (secondary N) is 1. The van der Waals surface area contributed by atoms with Crippen LogP contribution in [0.2, 0.25) is 10.0 Å². The van der Waals surface area contributed by atoms with Gasteiger partial charge in [0.2, 0.25) is 0 Å². The molecule has 0 aromatic heterocycles. The smallest absolute Gasteiger partial charge is 0.253 e. The van der Waals surface area contributed by atoms with Crippen molar-refractivity contribution in [3.8, 4) is 0 Å². The normalized spacial score (nSPS) is 20.5. The minimum atomic E-state index is -0.428. The highest BCUT2D eigenvalue weighted by Gasteiger charge is 2.28. The number of benzene rings is 1. The zero-order valence-electron chi connectivity index (χ0n) is 11.5. The second-order valence-electron chi connectivity index (χ2n) is 4.85. The van der Waals surface area contributed by atoms with E-state index in [1.807, 2.05) is 13.0 Å². The van der Waals surface area contributed by atoms with Crippen LogP contribution in [0.25, 0.3) is 0 Å². The largest absolute Gasteiger partial charge is 0.366 e. The molecule has 2 rings (SSSR count). The minimum absolute atomic E-state index is 0.0456. The van der Waals surface area contributed by atoms with Crippen LogP contribution in [0, 0.1) is 0 Å². The van der Waals surface area contributed by atoms with Crippen LogP contribution in [0.15, 0.2) is 18.2 Å². The van der Waals surface area contributed by atoms with Gasteiger partial charge in [0.25, 0.3) is 5.91 Å². The summed E-state index contributed by atoms with van der Waals surface area (Å²) >= 11 is 12.1. The van der Waals surface area contributed by atoms with Gasteiger partial charge in [0.15, 0.2) is 0 Å². The molecule has 1 heterocycles. The molecule has 0 aliphatic carbocycles. The highest BCUT2D eigenvalue weighted by atomic mass is 35.5. The van der Waals surface area contributed by atoms with Crippen molar-refractivity contribution in [1.82, 2.24) is 10.2 Å². The molecule has 1 aromatic carbocycles. The van der Waals surface area contributed by atoms with Crippen molar-refractivity contribution in [1.29, 1.82) is 0 Å². The lowest BCUT2D eigenvalue weighted by molar-refractivity contribution is -0.145. The second-order valence-corrected chi connectivity index (χ2v) is 5.70. The molecule has 20 heavy (non-hydrogen) atoms. The summed E-state index contributed by atoms with van der Waals surface area (Å²) in [7, 11) is 1.76. The molecule has 1 N–H and O–H groups in total. The van der Waals surface area contributed by atoms with Gasteiger partial charge >= 0.3 is 0 Å². The van der Waals surface area contributed by atoms with Crippen LogP contribution in [0.5, 0.6) is 0 Å². The molecule has 6 heteroatoms. The molecule has 0 saturated carbocycles. The van der Waals surface area contributed by atoms with E-state index in [9.17, 15) is 4.79 Å².